The van der Waals surface area contributed by atoms with Gasteiger partial charge in [-0.05, 0) is 17.5 Å². The zero-order valence-electron chi connectivity index (χ0n) is 8.83. The summed E-state index contributed by atoms with van der Waals surface area (Å²) in [6.07, 6.45) is 0. The lowest BCUT2D eigenvalue weighted by Crippen LogP contribution is -1.93. The number of benzene rings is 1. The van der Waals surface area contributed by atoms with E-state index in [-0.39, 0.29) is 0 Å². The van der Waals surface area contributed by atoms with E-state index in [1.54, 1.807) is 12.1 Å². The lowest BCUT2D eigenvalue weighted by molar-refractivity contribution is 0.469. The Kier molecular flexibility index (Phi) is 4.84. The van der Waals surface area contributed by atoms with Crippen LogP contribution in [0, 0.1) is 16.7 Å². The molecule has 0 aliphatic rings. The van der Waals surface area contributed by atoms with Gasteiger partial charge in [0, 0.05) is 0 Å². The van der Waals surface area contributed by atoms with Gasteiger partial charge in [-0.25, -0.2) is 0 Å². The van der Waals surface area contributed by atoms with Gasteiger partial charge in [0.05, 0.1) is 11.6 Å². The molecular weight excluding hydrogens is 158 g/mol. The summed E-state index contributed by atoms with van der Waals surface area (Å²) in [6, 6.07) is 11.2. The summed E-state index contributed by atoms with van der Waals surface area (Å²) >= 11 is 0. The first kappa shape index (κ1) is 11.7. The molecule has 1 rings (SSSR count). The summed E-state index contributed by atoms with van der Waals surface area (Å²) in [4.78, 5) is 0. The van der Waals surface area contributed by atoms with Crippen molar-refractivity contribution in [1.29, 1.82) is 5.26 Å². The molecule has 0 saturated heterocycles. The van der Waals surface area contributed by atoms with Crippen LogP contribution in [0.25, 0.3) is 0 Å². The average Bonchev–Trinajstić information content (AvgIpc) is 2.03. The Hall–Kier alpha value is -1.29. The first-order valence-corrected chi connectivity index (χ1v) is 4.38. The lowest BCUT2D eigenvalue weighted by Gasteiger charge is -2.05. The van der Waals surface area contributed by atoms with Crippen LogP contribution in [0.1, 0.15) is 33.3 Å². The molecule has 1 aromatic rings. The van der Waals surface area contributed by atoms with Crippen LogP contribution in [0.15, 0.2) is 30.3 Å². The van der Waals surface area contributed by atoms with E-state index in [9.17, 15) is 0 Å². The Bertz CT molecular complexity index is 255. The minimum Gasteiger partial charge on any atom is -0.192 e. The summed E-state index contributed by atoms with van der Waals surface area (Å²) in [5.41, 5.74) is 1.22. The summed E-state index contributed by atoms with van der Waals surface area (Å²) < 4.78 is 0. The molecule has 1 aromatic carbocycles. The number of hydrogen-bond donors (Lipinski definition) is 0. The quantitative estimate of drug-likeness (QED) is 0.591. The van der Waals surface area contributed by atoms with E-state index in [1.807, 2.05) is 24.3 Å². The number of rotatable bonds is 0. The monoisotopic (exact) mass is 175 g/mol. The second-order valence-corrected chi connectivity index (χ2v) is 4.48. The molecule has 1 nitrogen and oxygen atoms in total. The topological polar surface area (TPSA) is 23.8 Å². The Balaban J connectivity index is 0.000000252. The van der Waals surface area contributed by atoms with Gasteiger partial charge in [0.1, 0.15) is 0 Å². The number of hydrogen-bond acceptors (Lipinski definition) is 1. The van der Waals surface area contributed by atoms with E-state index < -0.39 is 0 Å². The van der Waals surface area contributed by atoms with E-state index in [4.69, 9.17) is 5.26 Å². The second kappa shape index (κ2) is 5.37. The third kappa shape index (κ3) is 10.7. The van der Waals surface area contributed by atoms with E-state index in [2.05, 4.69) is 27.7 Å². The predicted octanol–water partition coefficient (Wildman–Crippen LogP) is 3.61. The Morgan fingerprint density at radius 2 is 1.38 bits per heavy atom. The van der Waals surface area contributed by atoms with Crippen LogP contribution in [0.4, 0.5) is 0 Å². The Morgan fingerprint density at radius 1 is 1.00 bits per heavy atom. The fraction of sp³-hybridized carbons (Fsp3) is 0.417. The third-order valence-corrected chi connectivity index (χ3v) is 0.903. The molecule has 0 aliphatic carbocycles. The van der Waals surface area contributed by atoms with Gasteiger partial charge in [0.25, 0.3) is 0 Å². The molecule has 0 N–H and O–H groups in total. The molecule has 0 radical (unpaired) electrons. The molecule has 0 heterocycles. The lowest BCUT2D eigenvalue weighted by atomic mass is 10.0. The molecular formula is C12H17N. The smallest absolute Gasteiger partial charge is 0.0991 e. The minimum absolute atomic E-state index is 0.500. The second-order valence-electron chi connectivity index (χ2n) is 4.48. The van der Waals surface area contributed by atoms with Crippen LogP contribution < -0.4 is 0 Å². The molecule has 0 aromatic heterocycles. The van der Waals surface area contributed by atoms with Crippen molar-refractivity contribution in [1.82, 2.24) is 0 Å². The third-order valence-electron chi connectivity index (χ3n) is 0.903. The number of nitriles is 1. The average molecular weight is 175 g/mol. The maximum atomic E-state index is 8.29. The van der Waals surface area contributed by atoms with E-state index >= 15 is 0 Å². The van der Waals surface area contributed by atoms with Crippen molar-refractivity contribution in [3.63, 3.8) is 0 Å². The van der Waals surface area contributed by atoms with E-state index in [0.717, 1.165) is 0 Å². The largest absolute Gasteiger partial charge is 0.192 e. The van der Waals surface area contributed by atoms with Crippen molar-refractivity contribution in [3.8, 4) is 6.07 Å². The van der Waals surface area contributed by atoms with Gasteiger partial charge >= 0.3 is 0 Å². The zero-order valence-corrected chi connectivity index (χ0v) is 8.83. The molecule has 13 heavy (non-hydrogen) atoms. The van der Waals surface area contributed by atoms with Crippen molar-refractivity contribution in [2.75, 3.05) is 0 Å². The minimum atomic E-state index is 0.500. The van der Waals surface area contributed by atoms with Crippen molar-refractivity contribution in [2.24, 2.45) is 5.41 Å². The molecule has 0 atom stereocenters. The summed E-state index contributed by atoms with van der Waals surface area (Å²) in [5, 5.41) is 8.29. The normalized spacial score (nSPS) is 9.46. The van der Waals surface area contributed by atoms with Crippen LogP contribution in [-0.2, 0) is 0 Å². The van der Waals surface area contributed by atoms with Crippen LogP contribution in [-0.4, -0.2) is 0 Å². The summed E-state index contributed by atoms with van der Waals surface area (Å²) in [5.74, 6) is 0. The maximum absolute atomic E-state index is 8.29. The van der Waals surface area contributed by atoms with Crippen molar-refractivity contribution < 1.29 is 0 Å². The molecule has 1 heteroatoms. The molecule has 0 amide bonds. The van der Waals surface area contributed by atoms with Gasteiger partial charge in [0.2, 0.25) is 0 Å². The fourth-order valence-corrected chi connectivity index (χ4v) is 0.513. The Labute approximate surface area is 81.0 Å². The van der Waals surface area contributed by atoms with Crippen LogP contribution >= 0.6 is 0 Å². The van der Waals surface area contributed by atoms with Crippen molar-refractivity contribution >= 4 is 0 Å². The summed E-state index contributed by atoms with van der Waals surface area (Å²) in [7, 11) is 0. The van der Waals surface area contributed by atoms with Gasteiger partial charge in [-0.15, -0.1) is 0 Å². The van der Waals surface area contributed by atoms with Gasteiger partial charge < -0.3 is 0 Å². The molecule has 0 unspecified atom stereocenters. The van der Waals surface area contributed by atoms with Gasteiger partial charge in [0.15, 0.2) is 0 Å². The highest BCUT2D eigenvalue weighted by Gasteiger charge is 1.95. The fourth-order valence-electron chi connectivity index (χ4n) is 0.513. The van der Waals surface area contributed by atoms with Gasteiger partial charge in [-0.3, -0.25) is 0 Å². The zero-order chi connectivity index (χ0) is 10.3. The maximum Gasteiger partial charge on any atom is 0.0991 e. The molecule has 0 fully saturated rings. The molecule has 0 saturated carbocycles. The highest BCUT2D eigenvalue weighted by molar-refractivity contribution is 5.27. The van der Waals surface area contributed by atoms with Crippen molar-refractivity contribution in [3.05, 3.63) is 35.9 Å². The first-order valence-electron chi connectivity index (χ1n) is 4.38. The molecule has 0 spiro atoms. The highest BCUT2D eigenvalue weighted by Crippen LogP contribution is 2.08. The van der Waals surface area contributed by atoms with Crippen molar-refractivity contribution in [2.45, 2.75) is 27.7 Å². The van der Waals surface area contributed by atoms with Gasteiger partial charge in [-0.1, -0.05) is 45.9 Å². The van der Waals surface area contributed by atoms with Crippen LogP contribution in [0.2, 0.25) is 0 Å². The summed E-state index contributed by atoms with van der Waals surface area (Å²) in [6.45, 7) is 8.75. The predicted molar refractivity (Wildman–Crippen MR) is 56.3 cm³/mol. The molecule has 70 valence electrons. The highest BCUT2D eigenvalue weighted by atomic mass is 14.2. The van der Waals surface area contributed by atoms with Gasteiger partial charge in [-0.2, -0.15) is 5.26 Å². The SMILES string of the molecule is CC(C)(C)C.N#Cc1ccccc1. The first-order chi connectivity index (χ1) is 5.93. The Morgan fingerprint density at radius 3 is 1.62 bits per heavy atom. The van der Waals surface area contributed by atoms with Crippen LogP contribution in [0.5, 0.6) is 0 Å². The number of nitrogens with zero attached hydrogens (tertiary/aromatic N) is 1. The van der Waals surface area contributed by atoms with E-state index in [0.29, 0.717) is 11.0 Å². The molecule has 0 aliphatic heterocycles. The van der Waals surface area contributed by atoms with E-state index in [1.165, 1.54) is 0 Å². The standard InChI is InChI=1S/C7H5N.C5H12/c8-6-7-4-2-1-3-5-7;1-5(2,3)4/h1-5H;1-4H3. The van der Waals surface area contributed by atoms with Crippen LogP contribution in [0.3, 0.4) is 0 Å². The molecule has 0 bridgehead atoms.